The van der Waals surface area contributed by atoms with Gasteiger partial charge in [-0.15, -0.1) is 10.2 Å². The van der Waals surface area contributed by atoms with E-state index in [9.17, 15) is 9.90 Å². The van der Waals surface area contributed by atoms with Gasteiger partial charge >= 0.3 is 0 Å². The van der Waals surface area contributed by atoms with Crippen molar-refractivity contribution in [2.75, 3.05) is 19.8 Å². The topological polar surface area (TPSA) is 92.3 Å². The van der Waals surface area contributed by atoms with E-state index in [1.165, 1.54) is 0 Å². The number of nitrogens with zero attached hydrogens (tertiary/aromatic N) is 3. The molecule has 1 aromatic heterocycles. The summed E-state index contributed by atoms with van der Waals surface area (Å²) in [6.45, 7) is 0. The maximum atomic E-state index is 12.2. The summed E-state index contributed by atoms with van der Waals surface area (Å²) in [6.07, 6.45) is 2.44. The number of phenolic OH excluding ortho intramolecular Hbond substituents is 1. The molecule has 6 nitrogen and oxygen atoms in total. The van der Waals surface area contributed by atoms with E-state index in [-0.39, 0.29) is 28.3 Å². The summed E-state index contributed by atoms with van der Waals surface area (Å²) in [5.41, 5.74) is 7.36. The molecule has 5 rings (SSSR count). The van der Waals surface area contributed by atoms with Crippen LogP contribution in [0.5, 0.6) is 5.75 Å². The molecule has 1 aromatic carbocycles. The molecule has 1 heterocycles. The number of amides is 1. The number of aromatic nitrogens is 2. The van der Waals surface area contributed by atoms with E-state index >= 15 is 0 Å². The van der Waals surface area contributed by atoms with Crippen LogP contribution in [0.15, 0.2) is 30.3 Å². The molecule has 26 heavy (non-hydrogen) atoms. The summed E-state index contributed by atoms with van der Waals surface area (Å²) in [5.74, 6) is 7.03. The Hall–Kier alpha value is -3.07. The molecule has 3 aliphatic rings. The number of carbonyl (C=O) groups is 1. The van der Waals surface area contributed by atoms with Gasteiger partial charge in [-0.05, 0) is 37.5 Å². The van der Waals surface area contributed by atoms with Crippen LogP contribution in [0.25, 0.3) is 11.3 Å². The summed E-state index contributed by atoms with van der Waals surface area (Å²) < 4.78 is 0. The smallest absolute Gasteiger partial charge is 0.228 e. The van der Waals surface area contributed by atoms with E-state index < -0.39 is 0 Å². The number of carbonyl (C=O) groups excluding carboxylic acids is 1. The van der Waals surface area contributed by atoms with Crippen molar-refractivity contribution in [2.45, 2.75) is 19.3 Å². The molecular formula is C20H20N4O2. The first-order valence-corrected chi connectivity index (χ1v) is 8.51. The average Bonchev–Trinajstić information content (AvgIpc) is 2.54. The lowest BCUT2D eigenvalue weighted by Crippen LogP contribution is -2.66. The van der Waals surface area contributed by atoms with E-state index in [0.717, 1.165) is 19.3 Å². The lowest BCUT2D eigenvalue weighted by atomic mass is 9.35. The number of anilines is 1. The van der Waals surface area contributed by atoms with Crippen LogP contribution in [-0.4, -0.2) is 40.2 Å². The fraction of sp³-hybridized carbons (Fsp3) is 0.350. The molecule has 6 heteroatoms. The Bertz CT molecular complexity index is 951. The Labute approximate surface area is 152 Å². The third-order valence-electron chi connectivity index (χ3n) is 5.36. The molecular weight excluding hydrogens is 328 g/mol. The first-order chi connectivity index (χ1) is 12.3. The number of aromatic hydroxyl groups is 1. The predicted molar refractivity (Wildman–Crippen MR) is 97.8 cm³/mol. The highest BCUT2D eigenvalue weighted by Gasteiger charge is 2.71. The van der Waals surface area contributed by atoms with Gasteiger partial charge in [0.25, 0.3) is 0 Å². The van der Waals surface area contributed by atoms with E-state index in [0.29, 0.717) is 16.8 Å². The fourth-order valence-corrected chi connectivity index (χ4v) is 4.14. The maximum Gasteiger partial charge on any atom is 0.228 e. The number of nitrogens with two attached hydrogens (primary N) is 1. The van der Waals surface area contributed by atoms with Gasteiger partial charge in [-0.25, -0.2) is 0 Å². The van der Waals surface area contributed by atoms with Gasteiger partial charge in [-0.1, -0.05) is 24.0 Å². The second-order valence-electron chi connectivity index (χ2n) is 7.59. The molecule has 2 bridgehead atoms. The van der Waals surface area contributed by atoms with Crippen LogP contribution < -0.4 is 5.73 Å². The minimum atomic E-state index is -0.193. The van der Waals surface area contributed by atoms with E-state index in [1.54, 1.807) is 43.3 Å². The second-order valence-corrected chi connectivity index (χ2v) is 7.59. The Balaban J connectivity index is 1.57. The van der Waals surface area contributed by atoms with Crippen LogP contribution in [-0.2, 0) is 4.79 Å². The number of benzene rings is 1. The summed E-state index contributed by atoms with van der Waals surface area (Å²) in [6, 6.07) is 8.68. The van der Waals surface area contributed by atoms with Gasteiger partial charge < -0.3 is 15.7 Å². The minimum absolute atomic E-state index is 0.0730. The van der Waals surface area contributed by atoms with E-state index in [2.05, 4.69) is 22.0 Å². The monoisotopic (exact) mass is 348 g/mol. The second kappa shape index (κ2) is 5.46. The van der Waals surface area contributed by atoms with Crippen molar-refractivity contribution < 1.29 is 9.90 Å². The highest BCUT2D eigenvalue weighted by Crippen LogP contribution is 2.73. The molecule has 0 aliphatic heterocycles. The molecule has 0 saturated heterocycles. The van der Waals surface area contributed by atoms with Crippen molar-refractivity contribution >= 4 is 11.7 Å². The number of hydrogen-bond acceptors (Lipinski definition) is 5. The van der Waals surface area contributed by atoms with Gasteiger partial charge in [0.2, 0.25) is 5.91 Å². The maximum absolute atomic E-state index is 12.2. The average molecular weight is 348 g/mol. The van der Waals surface area contributed by atoms with Gasteiger partial charge in [0.05, 0.1) is 16.7 Å². The Morgan fingerprint density at radius 2 is 1.92 bits per heavy atom. The predicted octanol–water partition coefficient (Wildman–Crippen LogP) is 2.04. The van der Waals surface area contributed by atoms with Crippen molar-refractivity contribution in [3.05, 3.63) is 35.9 Å². The molecule has 0 atom stereocenters. The highest BCUT2D eigenvalue weighted by atomic mass is 16.3. The van der Waals surface area contributed by atoms with Crippen molar-refractivity contribution in [2.24, 2.45) is 10.8 Å². The molecule has 0 radical (unpaired) electrons. The highest BCUT2D eigenvalue weighted by molar-refractivity contribution is 5.86. The van der Waals surface area contributed by atoms with Crippen molar-refractivity contribution in [3.63, 3.8) is 0 Å². The van der Waals surface area contributed by atoms with Crippen LogP contribution in [0.2, 0.25) is 0 Å². The van der Waals surface area contributed by atoms with Crippen molar-refractivity contribution in [1.82, 2.24) is 15.1 Å². The lowest BCUT2D eigenvalue weighted by Gasteiger charge is -2.67. The molecule has 3 N–H and O–H groups in total. The number of hydrogen-bond donors (Lipinski definition) is 2. The third-order valence-corrected chi connectivity index (χ3v) is 5.36. The van der Waals surface area contributed by atoms with E-state index in [4.69, 9.17) is 5.73 Å². The SMILES string of the molecule is CN(C)C(=O)C12CC(C#Cc3cc(-c4ccccc4O)nnc3N)(C1)C2. The summed E-state index contributed by atoms with van der Waals surface area (Å²) in [7, 11) is 3.59. The largest absolute Gasteiger partial charge is 0.507 e. The first-order valence-electron chi connectivity index (χ1n) is 8.51. The normalized spacial score (nSPS) is 25.3. The molecule has 1 amide bonds. The summed E-state index contributed by atoms with van der Waals surface area (Å²) in [4.78, 5) is 13.9. The summed E-state index contributed by atoms with van der Waals surface area (Å²) in [5, 5.41) is 18.0. The van der Waals surface area contributed by atoms with Crippen LogP contribution in [0.3, 0.4) is 0 Å². The molecule has 132 valence electrons. The van der Waals surface area contributed by atoms with Gasteiger partial charge in [-0.3, -0.25) is 4.79 Å². The number of rotatable bonds is 2. The molecule has 3 aliphatic carbocycles. The minimum Gasteiger partial charge on any atom is -0.507 e. The van der Waals surface area contributed by atoms with Crippen molar-refractivity contribution in [3.8, 4) is 28.8 Å². The zero-order chi connectivity index (χ0) is 18.5. The number of phenols is 1. The zero-order valence-electron chi connectivity index (χ0n) is 14.8. The Kier molecular flexibility index (Phi) is 3.45. The van der Waals surface area contributed by atoms with Crippen LogP contribution in [0.1, 0.15) is 24.8 Å². The lowest BCUT2D eigenvalue weighted by molar-refractivity contribution is -0.193. The third kappa shape index (κ3) is 2.39. The standard InChI is InChI=1S/C20H20N4O2/c1-24(2)18(26)20-10-19(11-20,12-20)8-7-13-9-15(22-23-17(13)21)14-5-3-4-6-16(14)25/h3-6,9,25H,10-12H2,1-2H3,(H2,21,23). The summed E-state index contributed by atoms with van der Waals surface area (Å²) >= 11 is 0. The Morgan fingerprint density at radius 1 is 1.23 bits per heavy atom. The van der Waals surface area contributed by atoms with E-state index in [1.807, 2.05) is 6.07 Å². The van der Waals surface area contributed by atoms with Gasteiger partial charge in [-0.2, -0.15) is 0 Å². The van der Waals surface area contributed by atoms with Crippen LogP contribution >= 0.6 is 0 Å². The fourth-order valence-electron chi connectivity index (χ4n) is 4.14. The molecule has 3 fully saturated rings. The van der Waals surface area contributed by atoms with Crippen LogP contribution in [0.4, 0.5) is 5.82 Å². The van der Waals surface area contributed by atoms with Crippen molar-refractivity contribution in [1.29, 1.82) is 0 Å². The molecule has 2 aromatic rings. The Morgan fingerprint density at radius 3 is 2.58 bits per heavy atom. The molecule has 0 unspecified atom stereocenters. The molecule has 0 spiro atoms. The molecule has 3 saturated carbocycles. The van der Waals surface area contributed by atoms with Crippen LogP contribution in [0, 0.1) is 22.7 Å². The number of para-hydroxylation sites is 1. The quantitative estimate of drug-likeness (QED) is 0.810. The number of nitrogen functional groups attached to an aromatic ring is 1. The zero-order valence-corrected chi connectivity index (χ0v) is 14.8. The van der Waals surface area contributed by atoms with Gasteiger partial charge in [0, 0.05) is 25.1 Å². The van der Waals surface area contributed by atoms with Gasteiger partial charge in [0.1, 0.15) is 5.75 Å². The first kappa shape index (κ1) is 16.4. The van der Waals surface area contributed by atoms with Gasteiger partial charge in [0.15, 0.2) is 5.82 Å².